The van der Waals surface area contributed by atoms with E-state index in [1.54, 1.807) is 0 Å². The van der Waals surface area contributed by atoms with E-state index in [4.69, 9.17) is 11.6 Å². The van der Waals surface area contributed by atoms with Gasteiger partial charge in [0.1, 0.15) is 5.78 Å². The molecule has 0 aromatic rings. The van der Waals surface area contributed by atoms with Gasteiger partial charge in [-0.25, -0.2) is 0 Å². The summed E-state index contributed by atoms with van der Waals surface area (Å²) in [6.45, 7) is 2.09. The summed E-state index contributed by atoms with van der Waals surface area (Å²) in [5.41, 5.74) is 0. The molecule has 0 aliphatic rings. The molecule has 0 rings (SSSR count). The average molecular weight is 163 g/mol. The molecule has 1 nitrogen and oxygen atoms in total. The SMILES string of the molecule is CCCCC(=O)CCCCl. The Bertz CT molecular complexity index is 81.3. The minimum Gasteiger partial charge on any atom is -0.300 e. The zero-order valence-electron chi connectivity index (χ0n) is 6.53. The Hall–Kier alpha value is -0.0400. The third-order valence-corrected chi connectivity index (χ3v) is 1.67. The van der Waals surface area contributed by atoms with Crippen molar-refractivity contribution in [3.8, 4) is 0 Å². The Morgan fingerprint density at radius 3 is 2.40 bits per heavy atom. The quantitative estimate of drug-likeness (QED) is 0.549. The molecule has 60 valence electrons. The van der Waals surface area contributed by atoms with Crippen molar-refractivity contribution < 1.29 is 4.79 Å². The molecule has 0 amide bonds. The molecule has 10 heavy (non-hydrogen) atoms. The summed E-state index contributed by atoms with van der Waals surface area (Å²) >= 11 is 5.43. The molecule has 0 N–H and O–H groups in total. The molecular weight excluding hydrogens is 148 g/mol. The van der Waals surface area contributed by atoms with Gasteiger partial charge in [-0.2, -0.15) is 0 Å². The van der Waals surface area contributed by atoms with Crippen LogP contribution in [0.4, 0.5) is 0 Å². The topological polar surface area (TPSA) is 17.1 Å². The molecule has 0 aromatic heterocycles. The Morgan fingerprint density at radius 1 is 1.30 bits per heavy atom. The summed E-state index contributed by atoms with van der Waals surface area (Å²) in [7, 11) is 0. The third-order valence-electron chi connectivity index (χ3n) is 1.40. The highest BCUT2D eigenvalue weighted by Gasteiger charge is 1.98. The van der Waals surface area contributed by atoms with Gasteiger partial charge in [0.15, 0.2) is 0 Å². The largest absolute Gasteiger partial charge is 0.300 e. The van der Waals surface area contributed by atoms with Crippen molar-refractivity contribution in [1.29, 1.82) is 0 Å². The number of Topliss-reactive ketones (excluding diaryl/α,β-unsaturated/α-hetero) is 1. The molecule has 0 saturated heterocycles. The van der Waals surface area contributed by atoms with Crippen LogP contribution in [0.2, 0.25) is 0 Å². The van der Waals surface area contributed by atoms with Crippen molar-refractivity contribution in [2.75, 3.05) is 5.88 Å². The first-order chi connectivity index (χ1) is 4.81. The zero-order valence-corrected chi connectivity index (χ0v) is 7.28. The van der Waals surface area contributed by atoms with E-state index in [2.05, 4.69) is 6.92 Å². The fraction of sp³-hybridized carbons (Fsp3) is 0.875. The Balaban J connectivity index is 3.09. The number of carbonyl (C=O) groups excluding carboxylic acids is 1. The van der Waals surface area contributed by atoms with E-state index in [1.807, 2.05) is 0 Å². The van der Waals surface area contributed by atoms with Gasteiger partial charge in [0.05, 0.1) is 0 Å². The van der Waals surface area contributed by atoms with Crippen molar-refractivity contribution in [2.24, 2.45) is 0 Å². The minimum absolute atomic E-state index is 0.363. The van der Waals surface area contributed by atoms with Crippen LogP contribution in [0.15, 0.2) is 0 Å². The summed E-state index contributed by atoms with van der Waals surface area (Å²) in [5.74, 6) is 0.972. The van der Waals surface area contributed by atoms with Crippen LogP contribution in [-0.2, 0) is 4.79 Å². The summed E-state index contributed by atoms with van der Waals surface area (Å²) < 4.78 is 0. The second-order valence-electron chi connectivity index (χ2n) is 2.43. The van der Waals surface area contributed by atoms with Gasteiger partial charge in [-0.1, -0.05) is 13.3 Å². The van der Waals surface area contributed by atoms with E-state index < -0.39 is 0 Å². The monoisotopic (exact) mass is 162 g/mol. The van der Waals surface area contributed by atoms with E-state index >= 15 is 0 Å². The molecule has 0 saturated carbocycles. The smallest absolute Gasteiger partial charge is 0.132 e. The predicted octanol–water partition coefficient (Wildman–Crippen LogP) is 2.76. The molecule has 0 aromatic carbocycles. The highest BCUT2D eigenvalue weighted by molar-refractivity contribution is 6.17. The first-order valence-electron chi connectivity index (χ1n) is 3.89. The van der Waals surface area contributed by atoms with Gasteiger partial charge in [0.25, 0.3) is 0 Å². The molecule has 0 heterocycles. The second kappa shape index (κ2) is 7.07. The van der Waals surface area contributed by atoms with Crippen LogP contribution < -0.4 is 0 Å². The van der Waals surface area contributed by atoms with Crippen molar-refractivity contribution in [2.45, 2.75) is 39.0 Å². The lowest BCUT2D eigenvalue weighted by molar-refractivity contribution is -0.119. The van der Waals surface area contributed by atoms with Crippen LogP contribution in [0.3, 0.4) is 0 Å². The molecule has 0 fully saturated rings. The van der Waals surface area contributed by atoms with Crippen LogP contribution in [0.1, 0.15) is 39.0 Å². The Kier molecular flexibility index (Phi) is 7.04. The zero-order chi connectivity index (χ0) is 7.82. The van der Waals surface area contributed by atoms with Crippen LogP contribution >= 0.6 is 11.6 Å². The fourth-order valence-electron chi connectivity index (χ4n) is 0.763. The van der Waals surface area contributed by atoms with Gasteiger partial charge in [0, 0.05) is 18.7 Å². The maximum atomic E-state index is 10.9. The molecule has 0 bridgehead atoms. The number of hydrogen-bond acceptors (Lipinski definition) is 1. The first kappa shape index (κ1) is 9.96. The molecule has 0 radical (unpaired) electrons. The maximum Gasteiger partial charge on any atom is 0.132 e. The molecule has 0 unspecified atom stereocenters. The number of halogens is 1. The predicted molar refractivity (Wildman–Crippen MR) is 44.5 cm³/mol. The standard InChI is InChI=1S/C8H15ClO/c1-2-3-5-8(10)6-4-7-9/h2-7H2,1H3. The summed E-state index contributed by atoms with van der Waals surface area (Å²) in [6.07, 6.45) is 4.38. The molecule has 2 heteroatoms. The van der Waals surface area contributed by atoms with Crippen LogP contribution in [0.25, 0.3) is 0 Å². The molecule has 0 aliphatic carbocycles. The molecular formula is C8H15ClO. The van der Waals surface area contributed by atoms with E-state index in [9.17, 15) is 4.79 Å². The van der Waals surface area contributed by atoms with Gasteiger partial charge in [-0.05, 0) is 12.8 Å². The average Bonchev–Trinajstić information content (AvgIpc) is 1.97. The number of rotatable bonds is 6. The van der Waals surface area contributed by atoms with Gasteiger partial charge in [0.2, 0.25) is 0 Å². The first-order valence-corrected chi connectivity index (χ1v) is 4.42. The number of alkyl halides is 1. The lowest BCUT2D eigenvalue weighted by atomic mass is 10.1. The second-order valence-corrected chi connectivity index (χ2v) is 2.81. The van der Waals surface area contributed by atoms with E-state index in [0.29, 0.717) is 18.1 Å². The third kappa shape index (κ3) is 6.09. The van der Waals surface area contributed by atoms with Crippen LogP contribution in [0.5, 0.6) is 0 Å². The van der Waals surface area contributed by atoms with Crippen LogP contribution in [-0.4, -0.2) is 11.7 Å². The summed E-state index contributed by atoms with van der Waals surface area (Å²) in [6, 6.07) is 0. The summed E-state index contributed by atoms with van der Waals surface area (Å²) in [5, 5.41) is 0. The van der Waals surface area contributed by atoms with Crippen molar-refractivity contribution in [1.82, 2.24) is 0 Å². The maximum absolute atomic E-state index is 10.9. The highest BCUT2D eigenvalue weighted by Crippen LogP contribution is 2.01. The number of ketones is 1. The molecule has 0 aliphatic heterocycles. The highest BCUT2D eigenvalue weighted by atomic mass is 35.5. The molecule has 0 spiro atoms. The Labute approximate surface area is 67.8 Å². The van der Waals surface area contributed by atoms with Crippen LogP contribution in [0, 0.1) is 0 Å². The van der Waals surface area contributed by atoms with Gasteiger partial charge >= 0.3 is 0 Å². The molecule has 0 atom stereocenters. The van der Waals surface area contributed by atoms with Gasteiger partial charge < -0.3 is 0 Å². The lowest BCUT2D eigenvalue weighted by Gasteiger charge is -1.95. The lowest BCUT2D eigenvalue weighted by Crippen LogP contribution is -1.97. The number of hydrogen-bond donors (Lipinski definition) is 0. The minimum atomic E-state index is 0.363. The Morgan fingerprint density at radius 2 is 1.90 bits per heavy atom. The van der Waals surface area contributed by atoms with E-state index in [1.165, 1.54) is 0 Å². The van der Waals surface area contributed by atoms with E-state index in [0.717, 1.165) is 25.7 Å². The normalized spacial score (nSPS) is 9.80. The van der Waals surface area contributed by atoms with Gasteiger partial charge in [-0.3, -0.25) is 4.79 Å². The number of carbonyl (C=O) groups is 1. The summed E-state index contributed by atoms with van der Waals surface area (Å²) in [4.78, 5) is 10.9. The fourth-order valence-corrected chi connectivity index (χ4v) is 0.897. The van der Waals surface area contributed by atoms with E-state index in [-0.39, 0.29) is 0 Å². The number of unbranched alkanes of at least 4 members (excludes halogenated alkanes) is 1. The van der Waals surface area contributed by atoms with Crippen molar-refractivity contribution in [3.05, 3.63) is 0 Å². The van der Waals surface area contributed by atoms with Crippen molar-refractivity contribution in [3.63, 3.8) is 0 Å². The van der Waals surface area contributed by atoms with Gasteiger partial charge in [-0.15, -0.1) is 11.6 Å². The van der Waals surface area contributed by atoms with Crippen molar-refractivity contribution >= 4 is 17.4 Å².